The van der Waals surface area contributed by atoms with Crippen molar-refractivity contribution >= 4 is 23.0 Å². The maximum absolute atomic E-state index is 11.4. The van der Waals surface area contributed by atoms with Crippen LogP contribution in [0.5, 0.6) is 5.75 Å². The van der Waals surface area contributed by atoms with Crippen LogP contribution in [0.2, 0.25) is 0 Å². The first-order valence-electron chi connectivity index (χ1n) is 7.11. The summed E-state index contributed by atoms with van der Waals surface area (Å²) in [6.45, 7) is 4.39. The number of β-amino-alcohol motifs (C(OH)–C–C–N with tert-alkyl or cyclic N) is 1. The van der Waals surface area contributed by atoms with Gasteiger partial charge in [-0.15, -0.1) is 0 Å². The average Bonchev–Trinajstić information content (AvgIpc) is 2.48. The molecular weight excluding hydrogens is 272 g/mol. The summed E-state index contributed by atoms with van der Waals surface area (Å²) in [5.41, 5.74) is 8.36. The van der Waals surface area contributed by atoms with Crippen molar-refractivity contribution < 1.29 is 14.6 Å². The summed E-state index contributed by atoms with van der Waals surface area (Å²) >= 11 is 0. The van der Waals surface area contributed by atoms with Gasteiger partial charge >= 0.3 is 0 Å². The maximum atomic E-state index is 11.4. The average molecular weight is 292 g/mol. The fraction of sp³-hybridized carbons (Fsp3) is 0.500. The Labute approximate surface area is 123 Å². The van der Waals surface area contributed by atoms with Gasteiger partial charge in [0.15, 0.2) is 6.61 Å². The van der Waals surface area contributed by atoms with Crippen LogP contribution in [-0.4, -0.2) is 61.9 Å². The predicted octanol–water partition coefficient (Wildman–Crippen LogP) is -0.286. The molecule has 2 aliphatic heterocycles. The summed E-state index contributed by atoms with van der Waals surface area (Å²) in [4.78, 5) is 15.8. The number of aliphatic hydroxyl groups excluding tert-OH is 1. The zero-order valence-corrected chi connectivity index (χ0v) is 11.8. The third kappa shape index (κ3) is 2.88. The van der Waals surface area contributed by atoms with E-state index in [1.807, 2.05) is 6.07 Å². The number of hydrogen-bond acceptors (Lipinski definition) is 6. The molecule has 1 aromatic carbocycles. The number of benzene rings is 1. The van der Waals surface area contributed by atoms with Crippen LogP contribution in [0, 0.1) is 0 Å². The minimum atomic E-state index is -0.147. The molecule has 2 heterocycles. The Balaban J connectivity index is 1.77. The van der Waals surface area contributed by atoms with Gasteiger partial charge in [-0.05, 0) is 6.07 Å². The molecule has 0 aliphatic carbocycles. The fourth-order valence-corrected chi connectivity index (χ4v) is 2.76. The van der Waals surface area contributed by atoms with Gasteiger partial charge in [-0.3, -0.25) is 9.69 Å². The van der Waals surface area contributed by atoms with Crippen molar-refractivity contribution in [1.29, 1.82) is 0 Å². The Morgan fingerprint density at radius 2 is 2.05 bits per heavy atom. The number of nitrogen functional groups attached to an aromatic ring is 1. The first kappa shape index (κ1) is 14.0. The number of rotatable bonds is 3. The van der Waals surface area contributed by atoms with Crippen molar-refractivity contribution in [3.05, 3.63) is 12.1 Å². The zero-order valence-electron chi connectivity index (χ0n) is 11.8. The highest BCUT2D eigenvalue weighted by atomic mass is 16.5. The van der Waals surface area contributed by atoms with Crippen LogP contribution in [-0.2, 0) is 4.79 Å². The summed E-state index contributed by atoms with van der Waals surface area (Å²) in [5, 5.41) is 11.8. The number of carbonyl (C=O) groups is 1. The summed E-state index contributed by atoms with van der Waals surface area (Å²) < 4.78 is 5.36. The third-order valence-electron chi connectivity index (χ3n) is 3.89. The maximum Gasteiger partial charge on any atom is 0.262 e. The lowest BCUT2D eigenvalue weighted by atomic mass is 10.1. The second-order valence-corrected chi connectivity index (χ2v) is 5.30. The lowest BCUT2D eigenvalue weighted by Crippen LogP contribution is -2.47. The Hall–Kier alpha value is -1.99. The van der Waals surface area contributed by atoms with E-state index in [2.05, 4.69) is 15.1 Å². The fourth-order valence-electron chi connectivity index (χ4n) is 2.76. The molecule has 114 valence electrons. The normalized spacial score (nSPS) is 18.9. The van der Waals surface area contributed by atoms with Crippen molar-refractivity contribution in [1.82, 2.24) is 4.90 Å². The molecule has 0 saturated carbocycles. The van der Waals surface area contributed by atoms with E-state index in [0.717, 1.165) is 31.9 Å². The molecular formula is C14H20N4O3. The molecule has 1 saturated heterocycles. The van der Waals surface area contributed by atoms with E-state index in [-0.39, 0.29) is 19.1 Å². The lowest BCUT2D eigenvalue weighted by Gasteiger charge is -2.36. The third-order valence-corrected chi connectivity index (χ3v) is 3.89. The van der Waals surface area contributed by atoms with Gasteiger partial charge in [0, 0.05) is 38.8 Å². The number of ether oxygens (including phenoxy) is 1. The minimum Gasteiger partial charge on any atom is -0.482 e. The van der Waals surface area contributed by atoms with E-state index in [0.29, 0.717) is 23.7 Å². The molecule has 3 rings (SSSR count). The monoisotopic (exact) mass is 292 g/mol. The van der Waals surface area contributed by atoms with Crippen LogP contribution in [0.15, 0.2) is 12.1 Å². The van der Waals surface area contributed by atoms with Gasteiger partial charge in [0.2, 0.25) is 0 Å². The number of piperazine rings is 1. The van der Waals surface area contributed by atoms with Crippen molar-refractivity contribution in [3.8, 4) is 5.75 Å². The number of anilines is 3. The van der Waals surface area contributed by atoms with Crippen LogP contribution >= 0.6 is 0 Å². The van der Waals surface area contributed by atoms with Crippen LogP contribution < -0.4 is 20.7 Å². The first-order chi connectivity index (χ1) is 10.2. The molecule has 7 nitrogen and oxygen atoms in total. The number of nitrogens with two attached hydrogens (primary N) is 1. The molecule has 1 fully saturated rings. The number of aliphatic hydroxyl groups is 1. The molecule has 0 atom stereocenters. The Morgan fingerprint density at radius 1 is 1.29 bits per heavy atom. The highest BCUT2D eigenvalue weighted by Crippen LogP contribution is 2.37. The van der Waals surface area contributed by atoms with Gasteiger partial charge in [-0.25, -0.2) is 0 Å². The largest absolute Gasteiger partial charge is 0.482 e. The van der Waals surface area contributed by atoms with Crippen LogP contribution in [0.3, 0.4) is 0 Å². The van der Waals surface area contributed by atoms with Crippen molar-refractivity contribution in [2.45, 2.75) is 0 Å². The molecule has 7 heteroatoms. The number of fused-ring (bicyclic) bond motifs is 1. The zero-order chi connectivity index (χ0) is 14.8. The van der Waals surface area contributed by atoms with Gasteiger partial charge in [0.05, 0.1) is 23.7 Å². The van der Waals surface area contributed by atoms with E-state index in [9.17, 15) is 4.79 Å². The number of amides is 1. The van der Waals surface area contributed by atoms with Crippen LogP contribution in [0.25, 0.3) is 0 Å². The Bertz CT molecular complexity index is 541. The number of carbonyl (C=O) groups excluding carboxylic acids is 1. The number of nitrogens with zero attached hydrogens (tertiary/aromatic N) is 2. The van der Waals surface area contributed by atoms with Crippen LogP contribution in [0.1, 0.15) is 0 Å². The smallest absolute Gasteiger partial charge is 0.262 e. The Kier molecular flexibility index (Phi) is 3.85. The van der Waals surface area contributed by atoms with Crippen molar-refractivity contribution in [3.63, 3.8) is 0 Å². The van der Waals surface area contributed by atoms with Gasteiger partial charge < -0.3 is 25.8 Å². The van der Waals surface area contributed by atoms with Crippen molar-refractivity contribution in [2.75, 3.05) is 61.9 Å². The molecule has 4 N–H and O–H groups in total. The molecule has 0 unspecified atom stereocenters. The van der Waals surface area contributed by atoms with E-state index < -0.39 is 0 Å². The highest BCUT2D eigenvalue weighted by Gasteiger charge is 2.22. The number of nitrogens with one attached hydrogen (secondary N) is 1. The van der Waals surface area contributed by atoms with E-state index in [1.54, 1.807) is 6.07 Å². The van der Waals surface area contributed by atoms with Gasteiger partial charge in [0.25, 0.3) is 5.91 Å². The minimum absolute atomic E-state index is 0.0334. The summed E-state index contributed by atoms with van der Waals surface area (Å²) in [6, 6.07) is 3.65. The van der Waals surface area contributed by atoms with E-state index in [1.165, 1.54) is 0 Å². The molecule has 1 amide bonds. The highest BCUT2D eigenvalue weighted by molar-refractivity contribution is 5.97. The van der Waals surface area contributed by atoms with Gasteiger partial charge in [-0.1, -0.05) is 0 Å². The summed E-state index contributed by atoms with van der Waals surface area (Å²) in [7, 11) is 0. The quantitative estimate of drug-likeness (QED) is 0.664. The molecule has 0 spiro atoms. The molecule has 0 bridgehead atoms. The topological polar surface area (TPSA) is 91.1 Å². The van der Waals surface area contributed by atoms with Crippen molar-refractivity contribution in [2.24, 2.45) is 0 Å². The molecule has 21 heavy (non-hydrogen) atoms. The summed E-state index contributed by atoms with van der Waals surface area (Å²) in [6.07, 6.45) is 0. The predicted molar refractivity (Wildman–Crippen MR) is 80.7 cm³/mol. The standard InChI is InChI=1S/C14H20N4O3/c15-10-7-13-11(16-14(20)9-21-13)8-12(10)18-3-1-17(2-4-18)5-6-19/h7-8,19H,1-6,9,15H2,(H,16,20). The van der Waals surface area contributed by atoms with Gasteiger partial charge in [0.1, 0.15) is 5.75 Å². The summed E-state index contributed by atoms with van der Waals surface area (Å²) in [5.74, 6) is 0.473. The molecule has 1 aromatic rings. The first-order valence-corrected chi connectivity index (χ1v) is 7.11. The lowest BCUT2D eigenvalue weighted by molar-refractivity contribution is -0.118. The van der Waals surface area contributed by atoms with Gasteiger partial charge in [-0.2, -0.15) is 0 Å². The second-order valence-electron chi connectivity index (χ2n) is 5.30. The molecule has 0 aromatic heterocycles. The second kappa shape index (κ2) is 5.79. The Morgan fingerprint density at radius 3 is 2.76 bits per heavy atom. The molecule has 2 aliphatic rings. The SMILES string of the molecule is Nc1cc2c(cc1N1CCN(CCO)CC1)NC(=O)CO2. The van der Waals surface area contributed by atoms with E-state index >= 15 is 0 Å². The number of hydrogen-bond donors (Lipinski definition) is 3. The van der Waals surface area contributed by atoms with Crippen LogP contribution in [0.4, 0.5) is 17.1 Å². The van der Waals surface area contributed by atoms with E-state index in [4.69, 9.17) is 15.6 Å². The molecule has 0 radical (unpaired) electrons.